The van der Waals surface area contributed by atoms with E-state index < -0.39 is 0 Å². The normalized spacial score (nSPS) is 22.2. The molecule has 0 spiro atoms. The van der Waals surface area contributed by atoms with Crippen molar-refractivity contribution in [2.24, 2.45) is 0 Å². The van der Waals surface area contributed by atoms with Gasteiger partial charge >= 0.3 is 0 Å². The van der Waals surface area contributed by atoms with Gasteiger partial charge in [-0.05, 0) is 26.3 Å². The molecule has 2 atom stereocenters. The van der Waals surface area contributed by atoms with Gasteiger partial charge in [0.15, 0.2) is 0 Å². The van der Waals surface area contributed by atoms with Crippen LogP contribution in [0.5, 0.6) is 0 Å². The second-order valence-corrected chi connectivity index (χ2v) is 5.85. The topological polar surface area (TPSA) is 54.5 Å². The van der Waals surface area contributed by atoms with Gasteiger partial charge in [0.1, 0.15) is 5.82 Å². The second-order valence-electron chi connectivity index (χ2n) is 5.44. The van der Waals surface area contributed by atoms with Gasteiger partial charge in [0, 0.05) is 25.8 Å². The summed E-state index contributed by atoms with van der Waals surface area (Å²) in [4.78, 5) is 18.7. The van der Waals surface area contributed by atoms with E-state index in [0.29, 0.717) is 29.5 Å². The first-order valence-electron chi connectivity index (χ1n) is 7.35. The Morgan fingerprint density at radius 1 is 1.48 bits per heavy atom. The van der Waals surface area contributed by atoms with Crippen molar-refractivity contribution in [3.05, 3.63) is 22.8 Å². The van der Waals surface area contributed by atoms with Crippen molar-refractivity contribution < 1.29 is 9.53 Å². The Balaban J connectivity index is 2.17. The lowest BCUT2D eigenvalue weighted by Gasteiger charge is -2.35. The minimum atomic E-state index is -0.0658. The second kappa shape index (κ2) is 7.09. The van der Waals surface area contributed by atoms with Gasteiger partial charge in [0.25, 0.3) is 5.91 Å². The molecule has 21 heavy (non-hydrogen) atoms. The van der Waals surface area contributed by atoms with Crippen LogP contribution in [-0.4, -0.2) is 47.6 Å². The highest BCUT2D eigenvalue weighted by molar-refractivity contribution is 6.33. The SMILES string of the molecule is CCCNc1cc(C(=O)N2C[C@@H](C)O[C@@H](C)C2)c(Cl)cn1. The van der Waals surface area contributed by atoms with E-state index in [-0.39, 0.29) is 18.1 Å². The number of hydrogen-bond donors (Lipinski definition) is 1. The van der Waals surface area contributed by atoms with E-state index in [1.807, 2.05) is 13.8 Å². The van der Waals surface area contributed by atoms with Crippen LogP contribution in [0.15, 0.2) is 12.3 Å². The van der Waals surface area contributed by atoms with Gasteiger partial charge in [-0.1, -0.05) is 18.5 Å². The highest BCUT2D eigenvalue weighted by Gasteiger charge is 2.27. The fraction of sp³-hybridized carbons (Fsp3) is 0.600. The zero-order valence-electron chi connectivity index (χ0n) is 12.7. The molecule has 1 aliphatic heterocycles. The predicted octanol–water partition coefficient (Wildman–Crippen LogP) is 2.81. The summed E-state index contributed by atoms with van der Waals surface area (Å²) in [7, 11) is 0. The van der Waals surface area contributed by atoms with Crippen molar-refractivity contribution in [3.8, 4) is 0 Å². The van der Waals surface area contributed by atoms with Crippen LogP contribution in [-0.2, 0) is 4.74 Å². The number of hydrogen-bond acceptors (Lipinski definition) is 4. The summed E-state index contributed by atoms with van der Waals surface area (Å²) in [5.74, 6) is 0.614. The van der Waals surface area contributed by atoms with Gasteiger partial charge in [0.05, 0.1) is 22.8 Å². The van der Waals surface area contributed by atoms with Gasteiger partial charge < -0.3 is 15.0 Å². The van der Waals surface area contributed by atoms with Gasteiger partial charge in [-0.25, -0.2) is 4.98 Å². The average Bonchev–Trinajstić information content (AvgIpc) is 2.44. The summed E-state index contributed by atoms with van der Waals surface area (Å²) in [5, 5.41) is 3.56. The number of nitrogens with one attached hydrogen (secondary N) is 1. The number of carbonyl (C=O) groups is 1. The summed E-state index contributed by atoms with van der Waals surface area (Å²) < 4.78 is 5.66. The molecule has 0 unspecified atom stereocenters. The van der Waals surface area contributed by atoms with Crippen LogP contribution in [0.25, 0.3) is 0 Å². The highest BCUT2D eigenvalue weighted by Crippen LogP contribution is 2.22. The molecule has 1 aliphatic rings. The molecule has 0 aromatic carbocycles. The number of morpholine rings is 1. The van der Waals surface area contributed by atoms with Crippen molar-refractivity contribution in [1.82, 2.24) is 9.88 Å². The van der Waals surface area contributed by atoms with Crippen molar-refractivity contribution >= 4 is 23.3 Å². The number of nitrogens with zero attached hydrogens (tertiary/aromatic N) is 2. The number of amides is 1. The molecule has 6 heteroatoms. The minimum Gasteiger partial charge on any atom is -0.372 e. The van der Waals surface area contributed by atoms with Crippen LogP contribution in [0.4, 0.5) is 5.82 Å². The van der Waals surface area contributed by atoms with E-state index in [9.17, 15) is 4.79 Å². The molecule has 0 saturated carbocycles. The van der Waals surface area contributed by atoms with Gasteiger partial charge in [0.2, 0.25) is 0 Å². The lowest BCUT2D eigenvalue weighted by molar-refractivity contribution is -0.0586. The number of aromatic nitrogens is 1. The first-order valence-corrected chi connectivity index (χ1v) is 7.73. The zero-order chi connectivity index (χ0) is 15.4. The molecule has 1 saturated heterocycles. The van der Waals surface area contributed by atoms with Crippen LogP contribution in [0.2, 0.25) is 5.02 Å². The number of ether oxygens (including phenoxy) is 1. The van der Waals surface area contributed by atoms with Crippen molar-refractivity contribution in [3.63, 3.8) is 0 Å². The monoisotopic (exact) mass is 311 g/mol. The molecule has 0 radical (unpaired) electrons. The van der Waals surface area contributed by atoms with Crippen molar-refractivity contribution in [1.29, 1.82) is 0 Å². The molecule has 1 aromatic heterocycles. The quantitative estimate of drug-likeness (QED) is 0.929. The molecule has 1 aromatic rings. The molecule has 116 valence electrons. The first kappa shape index (κ1) is 16.0. The van der Waals surface area contributed by atoms with Crippen molar-refractivity contribution in [2.75, 3.05) is 25.0 Å². The molecule has 0 bridgehead atoms. The molecule has 5 nitrogen and oxygen atoms in total. The standard InChI is InChI=1S/C15H22ClN3O2/c1-4-5-17-14-6-12(13(16)7-18-14)15(20)19-8-10(2)21-11(3)9-19/h6-7,10-11H,4-5,8-9H2,1-3H3,(H,17,18)/t10-,11+. The van der Waals surface area contributed by atoms with E-state index in [0.717, 1.165) is 13.0 Å². The molecular weight excluding hydrogens is 290 g/mol. The van der Waals surface area contributed by atoms with Gasteiger partial charge in [-0.15, -0.1) is 0 Å². The van der Waals surface area contributed by atoms with E-state index in [4.69, 9.17) is 16.3 Å². The average molecular weight is 312 g/mol. The Labute approximate surface area is 130 Å². The Kier molecular flexibility index (Phi) is 5.42. The maximum absolute atomic E-state index is 12.7. The van der Waals surface area contributed by atoms with E-state index in [1.54, 1.807) is 11.0 Å². The van der Waals surface area contributed by atoms with Crippen LogP contribution in [0.3, 0.4) is 0 Å². The summed E-state index contributed by atoms with van der Waals surface area (Å²) in [5.41, 5.74) is 0.492. The van der Waals surface area contributed by atoms with Crippen LogP contribution in [0, 0.1) is 0 Å². The van der Waals surface area contributed by atoms with E-state index in [1.165, 1.54) is 6.20 Å². The Bertz CT molecular complexity index is 500. The number of anilines is 1. The molecule has 1 N–H and O–H groups in total. The largest absolute Gasteiger partial charge is 0.372 e. The maximum atomic E-state index is 12.7. The van der Waals surface area contributed by atoms with Gasteiger partial charge in [-0.3, -0.25) is 4.79 Å². The Hall–Kier alpha value is -1.33. The fourth-order valence-electron chi connectivity index (χ4n) is 2.47. The smallest absolute Gasteiger partial charge is 0.255 e. The summed E-state index contributed by atoms with van der Waals surface area (Å²) in [6.45, 7) is 8.00. The lowest BCUT2D eigenvalue weighted by atomic mass is 10.1. The van der Waals surface area contributed by atoms with Crippen LogP contribution >= 0.6 is 11.6 Å². The summed E-state index contributed by atoms with van der Waals surface area (Å²) in [6, 6.07) is 1.73. The maximum Gasteiger partial charge on any atom is 0.255 e. The van der Waals surface area contributed by atoms with E-state index in [2.05, 4.69) is 17.2 Å². The minimum absolute atomic E-state index is 0.0380. The number of pyridine rings is 1. The lowest BCUT2D eigenvalue weighted by Crippen LogP contribution is -2.48. The van der Waals surface area contributed by atoms with Crippen LogP contribution in [0.1, 0.15) is 37.6 Å². The summed E-state index contributed by atoms with van der Waals surface area (Å²) in [6.07, 6.45) is 2.60. The third-order valence-corrected chi connectivity index (χ3v) is 3.65. The Morgan fingerprint density at radius 3 is 2.76 bits per heavy atom. The molecule has 2 rings (SSSR count). The zero-order valence-corrected chi connectivity index (χ0v) is 13.5. The van der Waals surface area contributed by atoms with Crippen LogP contribution < -0.4 is 5.32 Å². The summed E-state index contributed by atoms with van der Waals surface area (Å²) >= 11 is 6.15. The number of carbonyl (C=O) groups excluding carboxylic acids is 1. The third-order valence-electron chi connectivity index (χ3n) is 3.35. The van der Waals surface area contributed by atoms with E-state index >= 15 is 0 Å². The number of rotatable bonds is 4. The van der Waals surface area contributed by atoms with Crippen molar-refractivity contribution in [2.45, 2.75) is 39.4 Å². The Morgan fingerprint density at radius 2 is 2.14 bits per heavy atom. The first-order chi connectivity index (χ1) is 10.0. The molecule has 0 aliphatic carbocycles. The number of halogens is 1. The third kappa shape index (κ3) is 4.08. The fourth-order valence-corrected chi connectivity index (χ4v) is 2.65. The molecule has 1 fully saturated rings. The van der Waals surface area contributed by atoms with Gasteiger partial charge in [-0.2, -0.15) is 0 Å². The predicted molar refractivity (Wildman–Crippen MR) is 83.9 cm³/mol. The molecular formula is C15H22ClN3O2. The molecule has 1 amide bonds. The molecule has 2 heterocycles. The highest BCUT2D eigenvalue weighted by atomic mass is 35.5.